The number of likely N-dealkylation sites (N-methyl/N-ethyl adjacent to an activating group) is 1. The Morgan fingerprint density at radius 1 is 1.04 bits per heavy atom. The molecule has 1 fully saturated rings. The molecule has 0 saturated carbocycles. The summed E-state index contributed by atoms with van der Waals surface area (Å²) in [6, 6.07) is 14.4. The molecule has 1 saturated heterocycles. The monoisotopic (exact) mass is 341 g/mol. The average Bonchev–Trinajstić information content (AvgIpc) is 2.67. The maximum atomic E-state index is 13.1. The summed E-state index contributed by atoms with van der Waals surface area (Å²) in [6.07, 6.45) is 0.841. The van der Waals surface area contributed by atoms with Crippen molar-refractivity contribution in [2.24, 2.45) is 0 Å². The summed E-state index contributed by atoms with van der Waals surface area (Å²) >= 11 is 0. The van der Waals surface area contributed by atoms with Gasteiger partial charge in [-0.25, -0.2) is 4.39 Å². The van der Waals surface area contributed by atoms with Gasteiger partial charge in [0.1, 0.15) is 5.82 Å². The number of piperazine rings is 1. The normalized spacial score (nSPS) is 14.6. The van der Waals surface area contributed by atoms with Crippen LogP contribution in [-0.4, -0.2) is 50.6 Å². The summed E-state index contributed by atoms with van der Waals surface area (Å²) < 4.78 is 13.1. The number of rotatable bonds is 5. The molecule has 4 nitrogen and oxygen atoms in total. The quantitative estimate of drug-likeness (QED) is 0.908. The lowest BCUT2D eigenvalue weighted by atomic mass is 10.0. The zero-order chi connectivity index (χ0) is 17.6. The van der Waals surface area contributed by atoms with E-state index in [0.717, 1.165) is 42.9 Å². The van der Waals surface area contributed by atoms with Crippen LogP contribution in [0, 0.1) is 5.82 Å². The molecule has 1 N–H and O–H groups in total. The topological polar surface area (TPSA) is 35.6 Å². The van der Waals surface area contributed by atoms with Crippen molar-refractivity contribution < 1.29 is 9.18 Å². The molecule has 0 spiro atoms. The number of carbonyl (C=O) groups is 1. The first-order valence-electron chi connectivity index (χ1n) is 8.71. The van der Waals surface area contributed by atoms with Crippen molar-refractivity contribution in [3.8, 4) is 0 Å². The van der Waals surface area contributed by atoms with E-state index in [-0.39, 0.29) is 11.7 Å². The minimum Gasteiger partial charge on any atom is -0.368 e. The molecule has 1 amide bonds. The molecule has 0 aromatic heterocycles. The zero-order valence-electron chi connectivity index (χ0n) is 14.5. The van der Waals surface area contributed by atoms with Crippen LogP contribution in [0.1, 0.15) is 15.9 Å². The molecule has 3 rings (SSSR count). The number of hydrogen-bond donors (Lipinski definition) is 1. The summed E-state index contributed by atoms with van der Waals surface area (Å²) in [6.45, 7) is 3.72. The van der Waals surface area contributed by atoms with Crippen LogP contribution in [0.4, 0.5) is 10.1 Å². The van der Waals surface area contributed by atoms with Crippen LogP contribution >= 0.6 is 0 Å². The molecule has 2 aromatic rings. The first kappa shape index (κ1) is 17.4. The molecule has 5 heteroatoms. The van der Waals surface area contributed by atoms with Gasteiger partial charge < -0.3 is 15.1 Å². The van der Waals surface area contributed by atoms with Crippen molar-refractivity contribution in [3.05, 3.63) is 65.5 Å². The molecule has 1 aliphatic rings. The van der Waals surface area contributed by atoms with Crippen molar-refractivity contribution in [2.75, 3.05) is 44.7 Å². The summed E-state index contributed by atoms with van der Waals surface area (Å²) in [5, 5.41) is 3.13. The van der Waals surface area contributed by atoms with Crippen LogP contribution in [0.2, 0.25) is 0 Å². The number of amides is 1. The van der Waals surface area contributed by atoms with Gasteiger partial charge >= 0.3 is 0 Å². The highest BCUT2D eigenvalue weighted by Gasteiger charge is 2.23. The highest BCUT2D eigenvalue weighted by atomic mass is 19.1. The molecule has 1 aliphatic heterocycles. The predicted octanol–water partition coefficient (Wildman–Crippen LogP) is 2.55. The lowest BCUT2D eigenvalue weighted by Gasteiger charge is -2.36. The molecule has 1 heterocycles. The third-order valence-corrected chi connectivity index (χ3v) is 4.65. The van der Waals surface area contributed by atoms with E-state index < -0.39 is 0 Å². The Hall–Kier alpha value is -2.40. The van der Waals surface area contributed by atoms with Gasteiger partial charge in [-0.1, -0.05) is 18.2 Å². The Morgan fingerprint density at radius 2 is 1.72 bits per heavy atom. The van der Waals surface area contributed by atoms with Crippen LogP contribution in [0.15, 0.2) is 48.5 Å². The summed E-state index contributed by atoms with van der Waals surface area (Å²) in [4.78, 5) is 17.0. The van der Waals surface area contributed by atoms with Gasteiger partial charge in [0, 0.05) is 37.4 Å². The molecular weight excluding hydrogens is 317 g/mol. The molecule has 132 valence electrons. The minimum atomic E-state index is -0.226. The highest BCUT2D eigenvalue weighted by molar-refractivity contribution is 5.95. The number of hydrogen-bond acceptors (Lipinski definition) is 3. The van der Waals surface area contributed by atoms with Crippen molar-refractivity contribution in [1.29, 1.82) is 0 Å². The third-order valence-electron chi connectivity index (χ3n) is 4.65. The van der Waals surface area contributed by atoms with Crippen molar-refractivity contribution in [3.63, 3.8) is 0 Å². The van der Waals surface area contributed by atoms with Crippen LogP contribution < -0.4 is 10.2 Å². The summed E-state index contributed by atoms with van der Waals surface area (Å²) in [5.41, 5.74) is 2.89. The fourth-order valence-corrected chi connectivity index (χ4v) is 3.20. The molecule has 0 aliphatic carbocycles. The van der Waals surface area contributed by atoms with Crippen LogP contribution in [-0.2, 0) is 6.42 Å². The summed E-state index contributed by atoms with van der Waals surface area (Å²) in [5.74, 6) is -0.124. The van der Waals surface area contributed by atoms with Crippen molar-refractivity contribution in [2.45, 2.75) is 6.42 Å². The number of nitrogens with zero attached hydrogens (tertiary/aromatic N) is 2. The van der Waals surface area contributed by atoms with Crippen molar-refractivity contribution in [1.82, 2.24) is 10.2 Å². The largest absolute Gasteiger partial charge is 0.368 e. The second-order valence-electron chi connectivity index (χ2n) is 6.27. The first-order valence-corrected chi connectivity index (χ1v) is 8.71. The van der Waals surface area contributed by atoms with E-state index >= 15 is 0 Å². The van der Waals surface area contributed by atoms with E-state index in [1.165, 1.54) is 12.1 Å². The van der Waals surface area contributed by atoms with Gasteiger partial charge in [-0.2, -0.15) is 0 Å². The van der Waals surface area contributed by atoms with Gasteiger partial charge in [0.2, 0.25) is 0 Å². The number of carbonyl (C=O) groups excluding carboxylic acids is 1. The number of benzene rings is 2. The van der Waals surface area contributed by atoms with E-state index in [1.54, 1.807) is 12.1 Å². The van der Waals surface area contributed by atoms with Gasteiger partial charge in [0.05, 0.1) is 0 Å². The fraction of sp³-hybridized carbons (Fsp3) is 0.350. The van der Waals surface area contributed by atoms with Gasteiger partial charge in [0.25, 0.3) is 5.91 Å². The number of halogens is 1. The lowest BCUT2D eigenvalue weighted by Crippen LogP contribution is -2.49. The van der Waals surface area contributed by atoms with E-state index in [1.807, 2.05) is 36.2 Å². The van der Waals surface area contributed by atoms with E-state index in [9.17, 15) is 9.18 Å². The van der Waals surface area contributed by atoms with Crippen LogP contribution in [0.5, 0.6) is 0 Å². The minimum absolute atomic E-state index is 0.102. The number of anilines is 1. The zero-order valence-corrected chi connectivity index (χ0v) is 14.5. The maximum Gasteiger partial charge on any atom is 0.254 e. The van der Waals surface area contributed by atoms with E-state index in [0.29, 0.717) is 13.1 Å². The smallest absolute Gasteiger partial charge is 0.254 e. The van der Waals surface area contributed by atoms with Gasteiger partial charge in [0.15, 0.2) is 0 Å². The standard InChI is InChI=1S/C20H24FN3O/c1-22-11-10-16-4-2-3-5-19(16)20(25)24-14-12-23(13-15-24)18-8-6-17(21)7-9-18/h2-9,22H,10-15H2,1H3. The van der Waals surface area contributed by atoms with E-state index in [2.05, 4.69) is 10.2 Å². The van der Waals surface area contributed by atoms with E-state index in [4.69, 9.17) is 0 Å². The van der Waals surface area contributed by atoms with Gasteiger partial charge in [-0.05, 0) is 55.9 Å². The number of nitrogens with one attached hydrogen (secondary N) is 1. The van der Waals surface area contributed by atoms with Crippen LogP contribution in [0.25, 0.3) is 0 Å². The fourth-order valence-electron chi connectivity index (χ4n) is 3.20. The second kappa shape index (κ2) is 8.12. The summed E-state index contributed by atoms with van der Waals surface area (Å²) in [7, 11) is 1.92. The molecule has 0 radical (unpaired) electrons. The SMILES string of the molecule is CNCCc1ccccc1C(=O)N1CCN(c2ccc(F)cc2)CC1. The van der Waals surface area contributed by atoms with Crippen molar-refractivity contribution >= 4 is 11.6 Å². The molecular formula is C20H24FN3O. The molecule has 25 heavy (non-hydrogen) atoms. The van der Waals surface area contributed by atoms with Crippen LogP contribution in [0.3, 0.4) is 0 Å². The first-order chi connectivity index (χ1) is 12.2. The molecule has 2 aromatic carbocycles. The Bertz CT molecular complexity index is 709. The Balaban J connectivity index is 1.65. The maximum absolute atomic E-state index is 13.1. The molecule has 0 unspecified atom stereocenters. The Morgan fingerprint density at radius 3 is 2.40 bits per heavy atom. The van der Waals surface area contributed by atoms with Gasteiger partial charge in [-0.3, -0.25) is 4.79 Å². The second-order valence-corrected chi connectivity index (χ2v) is 6.27. The third kappa shape index (κ3) is 4.17. The highest BCUT2D eigenvalue weighted by Crippen LogP contribution is 2.19. The van der Waals surface area contributed by atoms with Gasteiger partial charge in [-0.15, -0.1) is 0 Å². The molecule has 0 atom stereocenters. The lowest BCUT2D eigenvalue weighted by molar-refractivity contribution is 0.0745. The average molecular weight is 341 g/mol. The molecule has 0 bridgehead atoms. The Kier molecular flexibility index (Phi) is 5.66. The predicted molar refractivity (Wildman–Crippen MR) is 98.6 cm³/mol. The Labute approximate surface area is 148 Å².